The van der Waals surface area contributed by atoms with Crippen LogP contribution in [-0.4, -0.2) is 0 Å². The van der Waals surface area contributed by atoms with Gasteiger partial charge in [0.15, 0.2) is 0 Å². The zero-order chi connectivity index (χ0) is 9.80. The Morgan fingerprint density at radius 3 is 1.71 bits per heavy atom. The molecule has 0 heterocycles. The number of hydrogen-bond donors (Lipinski definition) is 0. The van der Waals surface area contributed by atoms with Gasteiger partial charge < -0.3 is 0 Å². The number of hydrogen-bond acceptors (Lipinski definition) is 0. The van der Waals surface area contributed by atoms with Crippen LogP contribution in [0.3, 0.4) is 0 Å². The standard InChI is InChI=1S/C13H13.Ti/c1-2-13(11-7-3-4-8-11)12-9-5-6-10-12;/h2-12H,1H2;. The van der Waals surface area contributed by atoms with Crippen LogP contribution in [0.25, 0.3) is 0 Å². The van der Waals surface area contributed by atoms with E-state index in [0.717, 1.165) is 4.73 Å². The monoisotopic (exact) mass is 217 g/mol. The zero-order valence-corrected chi connectivity index (χ0v) is 9.62. The van der Waals surface area contributed by atoms with Crippen molar-refractivity contribution in [1.29, 1.82) is 0 Å². The summed E-state index contributed by atoms with van der Waals surface area (Å²) < 4.78 is 1.12. The van der Waals surface area contributed by atoms with Crippen LogP contribution in [0, 0.1) is 11.8 Å². The molecule has 0 saturated heterocycles. The van der Waals surface area contributed by atoms with Gasteiger partial charge in [-0.2, -0.15) is 0 Å². The van der Waals surface area contributed by atoms with E-state index in [2.05, 4.69) is 75.1 Å². The molecule has 0 radical (unpaired) electrons. The van der Waals surface area contributed by atoms with Crippen molar-refractivity contribution in [3.63, 3.8) is 0 Å². The molecule has 0 N–H and O–H groups in total. The van der Waals surface area contributed by atoms with E-state index in [9.17, 15) is 0 Å². The Balaban J connectivity index is 2.19. The van der Waals surface area contributed by atoms with Gasteiger partial charge in [-0.1, -0.05) is 0 Å². The van der Waals surface area contributed by atoms with Gasteiger partial charge >= 0.3 is 97.3 Å². The summed E-state index contributed by atoms with van der Waals surface area (Å²) in [5.74, 6) is 1.04. The summed E-state index contributed by atoms with van der Waals surface area (Å²) in [6, 6.07) is 0. The molecule has 0 aromatic carbocycles. The summed E-state index contributed by atoms with van der Waals surface area (Å²) in [4.78, 5) is 0. The molecule has 0 fully saturated rings. The Labute approximate surface area is 97.2 Å². The quantitative estimate of drug-likeness (QED) is 0.502. The van der Waals surface area contributed by atoms with E-state index in [0.29, 0.717) is 11.8 Å². The molecular formula is C13H13Ti. The second kappa shape index (κ2) is 4.77. The van der Waals surface area contributed by atoms with Crippen LogP contribution >= 0.6 is 0 Å². The first-order chi connectivity index (χ1) is 6.92. The molecule has 69 valence electrons. The van der Waals surface area contributed by atoms with Gasteiger partial charge in [0.25, 0.3) is 0 Å². The molecule has 0 saturated carbocycles. The first kappa shape index (κ1) is 9.95. The molecule has 0 aromatic heterocycles. The van der Waals surface area contributed by atoms with Crippen molar-refractivity contribution in [3.05, 3.63) is 60.3 Å². The Morgan fingerprint density at radius 1 is 0.929 bits per heavy atom. The second-order valence-electron chi connectivity index (χ2n) is 3.50. The van der Waals surface area contributed by atoms with Crippen molar-refractivity contribution >= 4 is 0 Å². The minimum absolute atomic E-state index is 0.521. The Hall–Kier alpha value is -0.586. The summed E-state index contributed by atoms with van der Waals surface area (Å²) in [5.41, 5.74) is 1.52. The van der Waals surface area contributed by atoms with Crippen LogP contribution in [0.2, 0.25) is 4.73 Å². The maximum atomic E-state index is 2.36. The molecule has 2 aliphatic rings. The molecule has 0 atom stereocenters. The van der Waals surface area contributed by atoms with E-state index in [1.807, 2.05) is 0 Å². The van der Waals surface area contributed by atoms with E-state index < -0.39 is 0 Å². The van der Waals surface area contributed by atoms with Crippen LogP contribution in [0.4, 0.5) is 0 Å². The zero-order valence-electron chi connectivity index (χ0n) is 8.06. The first-order valence-corrected chi connectivity index (χ1v) is 6.07. The third kappa shape index (κ3) is 2.08. The molecule has 0 aliphatic heterocycles. The molecule has 2 rings (SSSR count). The normalized spacial score (nSPS) is 19.6. The molecular weight excluding hydrogens is 204 g/mol. The fourth-order valence-corrected chi connectivity index (χ4v) is 2.29. The average Bonchev–Trinajstić information content (AvgIpc) is 2.87. The van der Waals surface area contributed by atoms with E-state index in [1.54, 1.807) is 0 Å². The van der Waals surface area contributed by atoms with Gasteiger partial charge in [0.05, 0.1) is 0 Å². The minimum atomic E-state index is 0.521. The van der Waals surface area contributed by atoms with Crippen LogP contribution in [0.1, 0.15) is 0 Å². The molecule has 0 spiro atoms. The van der Waals surface area contributed by atoms with Crippen molar-refractivity contribution in [2.75, 3.05) is 0 Å². The SMILES string of the molecule is [Ti][CH2]C=C(C1C=CC=C1)C1C=CC=C1. The number of allylic oxidation sites excluding steroid dienone is 10. The number of rotatable bonds is 3. The summed E-state index contributed by atoms with van der Waals surface area (Å²) in [5, 5.41) is 0. The van der Waals surface area contributed by atoms with Gasteiger partial charge in [0.2, 0.25) is 0 Å². The molecule has 0 amide bonds. The average molecular weight is 217 g/mol. The van der Waals surface area contributed by atoms with Gasteiger partial charge in [-0.05, 0) is 0 Å². The molecule has 14 heavy (non-hydrogen) atoms. The fourth-order valence-electron chi connectivity index (χ4n) is 1.92. The molecule has 0 unspecified atom stereocenters. The van der Waals surface area contributed by atoms with Crippen molar-refractivity contribution in [2.24, 2.45) is 11.8 Å². The Kier molecular flexibility index (Phi) is 3.39. The predicted molar refractivity (Wildman–Crippen MR) is 56.4 cm³/mol. The summed E-state index contributed by atoms with van der Waals surface area (Å²) in [7, 11) is 0. The van der Waals surface area contributed by atoms with Crippen molar-refractivity contribution in [3.8, 4) is 0 Å². The first-order valence-electron chi connectivity index (χ1n) is 4.96. The van der Waals surface area contributed by atoms with E-state index in [1.165, 1.54) is 5.57 Å². The molecule has 1 heteroatoms. The second-order valence-corrected chi connectivity index (χ2v) is 4.14. The van der Waals surface area contributed by atoms with Crippen LogP contribution in [0.5, 0.6) is 0 Å². The Bertz CT molecular complexity index is 288. The topological polar surface area (TPSA) is 0 Å². The molecule has 0 nitrogen and oxygen atoms in total. The van der Waals surface area contributed by atoms with Gasteiger partial charge in [-0.15, -0.1) is 0 Å². The van der Waals surface area contributed by atoms with Crippen LogP contribution in [-0.2, 0) is 20.4 Å². The van der Waals surface area contributed by atoms with Crippen molar-refractivity contribution in [2.45, 2.75) is 4.73 Å². The predicted octanol–water partition coefficient (Wildman–Crippen LogP) is 3.36. The van der Waals surface area contributed by atoms with Crippen molar-refractivity contribution in [1.82, 2.24) is 0 Å². The van der Waals surface area contributed by atoms with Crippen LogP contribution < -0.4 is 0 Å². The Morgan fingerprint density at radius 2 is 1.36 bits per heavy atom. The molecule has 0 aromatic rings. The van der Waals surface area contributed by atoms with E-state index >= 15 is 0 Å². The van der Waals surface area contributed by atoms with Gasteiger partial charge in [0.1, 0.15) is 0 Å². The summed E-state index contributed by atoms with van der Waals surface area (Å²) in [6.07, 6.45) is 20.0. The maximum absolute atomic E-state index is 2.36. The third-order valence-corrected chi connectivity index (χ3v) is 2.92. The molecule has 2 aliphatic carbocycles. The summed E-state index contributed by atoms with van der Waals surface area (Å²) >= 11 is 2.20. The van der Waals surface area contributed by atoms with Crippen molar-refractivity contribution < 1.29 is 20.4 Å². The van der Waals surface area contributed by atoms with E-state index in [4.69, 9.17) is 0 Å². The van der Waals surface area contributed by atoms with Gasteiger partial charge in [-0.3, -0.25) is 0 Å². The molecule has 0 bridgehead atoms. The van der Waals surface area contributed by atoms with Gasteiger partial charge in [0, 0.05) is 0 Å². The third-order valence-electron chi connectivity index (χ3n) is 2.60. The van der Waals surface area contributed by atoms with Crippen LogP contribution in [0.15, 0.2) is 60.3 Å². The van der Waals surface area contributed by atoms with E-state index in [-0.39, 0.29) is 0 Å². The fraction of sp³-hybridized carbons (Fsp3) is 0.231. The van der Waals surface area contributed by atoms with Gasteiger partial charge in [-0.25, -0.2) is 0 Å². The summed E-state index contributed by atoms with van der Waals surface area (Å²) in [6.45, 7) is 0.